The van der Waals surface area contributed by atoms with Gasteiger partial charge in [-0.05, 0) is 13.3 Å². The lowest BCUT2D eigenvalue weighted by Gasteiger charge is -2.20. The van der Waals surface area contributed by atoms with Gasteiger partial charge < -0.3 is 20.1 Å². The van der Waals surface area contributed by atoms with E-state index >= 15 is 0 Å². The van der Waals surface area contributed by atoms with Gasteiger partial charge in [-0.1, -0.05) is 122 Å². The molecule has 0 aliphatic carbocycles. The Hall–Kier alpha value is -0.650. The third-order valence-electron chi connectivity index (χ3n) is 6.09. The fourth-order valence-corrected chi connectivity index (χ4v) is 3.93. The minimum absolute atomic E-state index is 0.317. The number of unbranched alkanes of at least 4 members (excludes halogenated alkanes) is 18. The first-order valence-corrected chi connectivity index (χ1v) is 13.2. The number of hydrogen-bond donors (Lipinski definition) is 3. The molecule has 0 aromatic rings. The predicted molar refractivity (Wildman–Crippen MR) is 128 cm³/mol. The summed E-state index contributed by atoms with van der Waals surface area (Å²) in [5.74, 6) is -0.390. The zero-order valence-electron chi connectivity index (χ0n) is 20.5. The summed E-state index contributed by atoms with van der Waals surface area (Å²) >= 11 is 0. The van der Waals surface area contributed by atoms with E-state index in [9.17, 15) is 9.90 Å². The first-order chi connectivity index (χ1) is 15.0. The average molecular weight is 445 g/mol. The Balaban J connectivity index is 3.24. The van der Waals surface area contributed by atoms with E-state index in [4.69, 9.17) is 14.9 Å². The van der Waals surface area contributed by atoms with Crippen LogP contribution in [-0.4, -0.2) is 39.8 Å². The number of ether oxygens (including phenoxy) is 1. The number of carbonyl (C=O) groups excluding carboxylic acids is 1. The maximum atomic E-state index is 11.7. The average Bonchev–Trinajstić information content (AvgIpc) is 2.74. The minimum atomic E-state index is -1.89. The van der Waals surface area contributed by atoms with Crippen LogP contribution in [0.4, 0.5) is 0 Å². The van der Waals surface area contributed by atoms with Gasteiger partial charge in [-0.15, -0.1) is 0 Å². The smallest absolute Gasteiger partial charge is 0.306 e. The topological polar surface area (TPSA) is 87.0 Å². The van der Waals surface area contributed by atoms with Crippen molar-refractivity contribution in [3.63, 3.8) is 0 Å². The summed E-state index contributed by atoms with van der Waals surface area (Å²) in [5.41, 5.74) is 0. The molecule has 0 aromatic carbocycles. The van der Waals surface area contributed by atoms with Crippen LogP contribution in [0.3, 0.4) is 0 Å². The lowest BCUT2D eigenvalue weighted by atomic mass is 10.0. The third-order valence-corrected chi connectivity index (χ3v) is 6.09. The standard InChI is InChI=1S/C26H52O5/c1-3-4-5-6-7-8-9-10-11-12-13-14-15-16-17-18-19-20-21-22-24(27)31-23(2)25(28)26(29)30/h23,25-26,28-30H,3-22H2,1-2H3. The molecule has 0 saturated carbocycles. The van der Waals surface area contributed by atoms with Crippen LogP contribution >= 0.6 is 0 Å². The summed E-state index contributed by atoms with van der Waals surface area (Å²) in [4.78, 5) is 11.7. The van der Waals surface area contributed by atoms with Gasteiger partial charge in [0.05, 0.1) is 0 Å². The summed E-state index contributed by atoms with van der Waals surface area (Å²) in [6, 6.07) is 0. The van der Waals surface area contributed by atoms with Crippen molar-refractivity contribution in [2.24, 2.45) is 0 Å². The van der Waals surface area contributed by atoms with Crippen molar-refractivity contribution in [2.45, 2.75) is 161 Å². The molecule has 2 unspecified atom stereocenters. The Labute approximate surface area is 192 Å². The molecule has 0 bridgehead atoms. The molecule has 186 valence electrons. The van der Waals surface area contributed by atoms with E-state index in [1.54, 1.807) is 0 Å². The minimum Gasteiger partial charge on any atom is -0.460 e. The normalized spacial score (nSPS) is 13.5. The van der Waals surface area contributed by atoms with Gasteiger partial charge >= 0.3 is 5.97 Å². The fourth-order valence-electron chi connectivity index (χ4n) is 3.93. The van der Waals surface area contributed by atoms with Crippen molar-refractivity contribution in [3.8, 4) is 0 Å². The van der Waals surface area contributed by atoms with Crippen molar-refractivity contribution < 1.29 is 24.9 Å². The maximum Gasteiger partial charge on any atom is 0.306 e. The molecule has 31 heavy (non-hydrogen) atoms. The van der Waals surface area contributed by atoms with Gasteiger partial charge in [0.1, 0.15) is 12.2 Å². The van der Waals surface area contributed by atoms with Gasteiger partial charge in [0.25, 0.3) is 0 Å². The number of aliphatic hydroxyl groups excluding tert-OH is 2. The molecule has 5 nitrogen and oxygen atoms in total. The fraction of sp³-hybridized carbons (Fsp3) is 0.962. The quantitative estimate of drug-likeness (QED) is 0.0962. The summed E-state index contributed by atoms with van der Waals surface area (Å²) in [6.07, 6.45) is 21.0. The summed E-state index contributed by atoms with van der Waals surface area (Å²) in [6.45, 7) is 3.73. The molecule has 5 heteroatoms. The Bertz CT molecular complexity index is 386. The van der Waals surface area contributed by atoms with E-state index in [2.05, 4.69) is 6.92 Å². The highest BCUT2D eigenvalue weighted by Crippen LogP contribution is 2.15. The van der Waals surface area contributed by atoms with Gasteiger partial charge in [-0.25, -0.2) is 0 Å². The van der Waals surface area contributed by atoms with Gasteiger partial charge in [0.2, 0.25) is 0 Å². The van der Waals surface area contributed by atoms with Crippen molar-refractivity contribution in [1.29, 1.82) is 0 Å². The molecule has 0 fully saturated rings. The van der Waals surface area contributed by atoms with E-state index in [0.29, 0.717) is 6.42 Å². The molecular weight excluding hydrogens is 392 g/mol. The molecule has 2 atom stereocenters. The molecule has 3 N–H and O–H groups in total. The van der Waals surface area contributed by atoms with E-state index in [-0.39, 0.29) is 5.97 Å². The van der Waals surface area contributed by atoms with E-state index in [0.717, 1.165) is 19.3 Å². The van der Waals surface area contributed by atoms with Crippen LogP contribution in [0, 0.1) is 0 Å². The van der Waals surface area contributed by atoms with E-state index in [1.807, 2.05) is 0 Å². The van der Waals surface area contributed by atoms with Gasteiger partial charge in [-0.3, -0.25) is 4.79 Å². The highest BCUT2D eigenvalue weighted by atomic mass is 16.6. The SMILES string of the molecule is CCCCCCCCCCCCCCCCCCCCCC(=O)OC(C)C(O)C(O)O. The van der Waals surface area contributed by atoms with Crippen LogP contribution in [0.15, 0.2) is 0 Å². The molecule has 0 rings (SSSR count). The Morgan fingerprint density at radius 2 is 0.935 bits per heavy atom. The summed E-state index contributed by atoms with van der Waals surface area (Å²) < 4.78 is 5.00. The molecule has 0 heterocycles. The van der Waals surface area contributed by atoms with E-state index < -0.39 is 18.5 Å². The van der Waals surface area contributed by atoms with Gasteiger partial charge in [0, 0.05) is 6.42 Å². The van der Waals surface area contributed by atoms with E-state index in [1.165, 1.54) is 110 Å². The van der Waals surface area contributed by atoms with Crippen molar-refractivity contribution in [1.82, 2.24) is 0 Å². The van der Waals surface area contributed by atoms with Crippen molar-refractivity contribution in [2.75, 3.05) is 0 Å². The van der Waals surface area contributed by atoms with Crippen LogP contribution in [0.25, 0.3) is 0 Å². The number of esters is 1. The molecule has 0 saturated heterocycles. The molecule has 0 aromatic heterocycles. The van der Waals surface area contributed by atoms with Crippen molar-refractivity contribution >= 4 is 5.97 Å². The van der Waals surface area contributed by atoms with Crippen LogP contribution in [-0.2, 0) is 9.53 Å². The highest BCUT2D eigenvalue weighted by molar-refractivity contribution is 5.69. The van der Waals surface area contributed by atoms with Crippen LogP contribution in [0.5, 0.6) is 0 Å². The number of rotatable bonds is 23. The second-order valence-corrected chi connectivity index (χ2v) is 9.21. The lowest BCUT2D eigenvalue weighted by molar-refractivity contribution is -0.179. The van der Waals surface area contributed by atoms with Gasteiger partial charge in [-0.2, -0.15) is 0 Å². The molecule has 0 aliphatic rings. The summed E-state index contributed by atoms with van der Waals surface area (Å²) in [7, 11) is 0. The van der Waals surface area contributed by atoms with Crippen LogP contribution in [0.1, 0.15) is 142 Å². The second kappa shape index (κ2) is 22.5. The zero-order chi connectivity index (χ0) is 23.2. The molecule has 0 spiro atoms. The first-order valence-electron chi connectivity index (χ1n) is 13.2. The Kier molecular flexibility index (Phi) is 22.1. The van der Waals surface area contributed by atoms with Crippen LogP contribution < -0.4 is 0 Å². The maximum absolute atomic E-state index is 11.7. The summed E-state index contributed by atoms with van der Waals surface area (Å²) in [5, 5.41) is 27.1. The highest BCUT2D eigenvalue weighted by Gasteiger charge is 2.23. The lowest BCUT2D eigenvalue weighted by Crippen LogP contribution is -2.38. The largest absolute Gasteiger partial charge is 0.460 e. The third kappa shape index (κ3) is 21.0. The monoisotopic (exact) mass is 444 g/mol. The Morgan fingerprint density at radius 1 is 0.613 bits per heavy atom. The molecule has 0 amide bonds. The Morgan fingerprint density at radius 3 is 1.26 bits per heavy atom. The first kappa shape index (κ1) is 30.4. The number of aliphatic hydroxyl groups is 3. The number of hydrogen-bond acceptors (Lipinski definition) is 5. The molecule has 0 radical (unpaired) electrons. The predicted octanol–water partition coefficient (Wildman–Crippen LogP) is 6.41. The zero-order valence-corrected chi connectivity index (χ0v) is 20.5. The molecule has 0 aliphatic heterocycles. The second-order valence-electron chi connectivity index (χ2n) is 9.21. The van der Waals surface area contributed by atoms with Crippen molar-refractivity contribution in [3.05, 3.63) is 0 Å². The van der Waals surface area contributed by atoms with Gasteiger partial charge in [0.15, 0.2) is 6.29 Å². The molecular formula is C26H52O5. The van der Waals surface area contributed by atoms with Crippen LogP contribution in [0.2, 0.25) is 0 Å². The number of carbonyl (C=O) groups is 1.